The van der Waals surface area contributed by atoms with E-state index in [0.29, 0.717) is 17.4 Å². The molecule has 0 spiro atoms. The van der Waals surface area contributed by atoms with Crippen molar-refractivity contribution in [2.24, 2.45) is 11.7 Å². The summed E-state index contributed by atoms with van der Waals surface area (Å²) < 4.78 is 26.7. The average Bonchev–Trinajstić information content (AvgIpc) is 3.19. The van der Waals surface area contributed by atoms with E-state index in [0.717, 1.165) is 24.9 Å². The molecule has 1 fully saturated rings. The van der Waals surface area contributed by atoms with Crippen LogP contribution in [0.15, 0.2) is 29.2 Å². The largest absolute Gasteiger partial charge is 0.383 e. The number of sulfonamides is 1. The lowest BCUT2D eigenvalue weighted by molar-refractivity contribution is 0.508. The molecule has 118 valence electrons. The van der Waals surface area contributed by atoms with Gasteiger partial charge in [0, 0.05) is 24.3 Å². The van der Waals surface area contributed by atoms with Crippen molar-refractivity contribution in [3.8, 4) is 0 Å². The van der Waals surface area contributed by atoms with E-state index < -0.39 is 10.0 Å². The summed E-state index contributed by atoms with van der Waals surface area (Å²) in [5.74, 6) is 0.572. The maximum absolute atomic E-state index is 12.0. The van der Waals surface area contributed by atoms with Crippen molar-refractivity contribution in [1.29, 1.82) is 0 Å². The van der Waals surface area contributed by atoms with Crippen molar-refractivity contribution in [3.63, 3.8) is 0 Å². The lowest BCUT2D eigenvalue weighted by Gasteiger charge is -2.15. The molecule has 6 heteroatoms. The van der Waals surface area contributed by atoms with Gasteiger partial charge in [-0.3, -0.25) is 0 Å². The van der Waals surface area contributed by atoms with E-state index >= 15 is 0 Å². The summed E-state index contributed by atoms with van der Waals surface area (Å²) in [5.41, 5.74) is 6.90. The van der Waals surface area contributed by atoms with Gasteiger partial charge >= 0.3 is 0 Å². The van der Waals surface area contributed by atoms with Crippen LogP contribution in [0.3, 0.4) is 0 Å². The Bertz CT molecular complexity index is 551. The molecule has 1 aliphatic rings. The second-order valence-corrected chi connectivity index (χ2v) is 7.90. The molecule has 1 aromatic rings. The van der Waals surface area contributed by atoms with Crippen molar-refractivity contribution >= 4 is 15.7 Å². The summed E-state index contributed by atoms with van der Waals surface area (Å²) >= 11 is 0. The SMILES string of the molecule is CC(C)CC(N)CNc1ccc(S(=O)(=O)NC2CC2)cc1. The summed E-state index contributed by atoms with van der Waals surface area (Å²) in [6.45, 7) is 4.98. The molecule has 5 nitrogen and oxygen atoms in total. The first-order valence-corrected chi connectivity index (χ1v) is 8.97. The van der Waals surface area contributed by atoms with Crippen LogP contribution in [0.1, 0.15) is 33.1 Å². The van der Waals surface area contributed by atoms with Crippen LogP contribution < -0.4 is 15.8 Å². The van der Waals surface area contributed by atoms with E-state index in [1.807, 2.05) is 0 Å². The molecule has 1 aromatic carbocycles. The zero-order valence-electron chi connectivity index (χ0n) is 12.7. The quantitative estimate of drug-likeness (QED) is 0.685. The first kappa shape index (κ1) is 16.3. The first-order valence-electron chi connectivity index (χ1n) is 7.48. The van der Waals surface area contributed by atoms with Crippen LogP contribution >= 0.6 is 0 Å². The van der Waals surface area contributed by atoms with Gasteiger partial charge in [-0.05, 0) is 49.4 Å². The molecular formula is C15H25N3O2S. The fourth-order valence-electron chi connectivity index (χ4n) is 2.18. The topological polar surface area (TPSA) is 84.2 Å². The number of hydrogen-bond donors (Lipinski definition) is 3. The normalized spacial score (nSPS) is 17.0. The average molecular weight is 311 g/mol. The Balaban J connectivity index is 1.89. The Morgan fingerprint density at radius 2 is 1.86 bits per heavy atom. The zero-order chi connectivity index (χ0) is 15.5. The molecule has 0 aromatic heterocycles. The number of anilines is 1. The molecule has 1 unspecified atom stereocenters. The van der Waals surface area contributed by atoms with Crippen molar-refractivity contribution in [3.05, 3.63) is 24.3 Å². The van der Waals surface area contributed by atoms with Gasteiger partial charge in [0.15, 0.2) is 0 Å². The van der Waals surface area contributed by atoms with Crippen molar-refractivity contribution in [2.45, 2.75) is 50.1 Å². The van der Waals surface area contributed by atoms with Crippen LogP contribution in [0.2, 0.25) is 0 Å². The van der Waals surface area contributed by atoms with Crippen LogP contribution in [0.5, 0.6) is 0 Å². The highest BCUT2D eigenvalue weighted by molar-refractivity contribution is 7.89. The maximum atomic E-state index is 12.0. The Labute approximate surface area is 127 Å². The molecule has 0 bridgehead atoms. The van der Waals surface area contributed by atoms with Gasteiger partial charge in [-0.25, -0.2) is 13.1 Å². The van der Waals surface area contributed by atoms with E-state index in [9.17, 15) is 8.42 Å². The third-order valence-electron chi connectivity index (χ3n) is 3.41. The standard InChI is InChI=1S/C15H25N3O2S/c1-11(2)9-12(16)10-17-13-5-7-15(8-6-13)21(19,20)18-14-3-4-14/h5-8,11-12,14,17-18H,3-4,9-10,16H2,1-2H3. The van der Waals surface area contributed by atoms with Gasteiger partial charge in [0.25, 0.3) is 0 Å². The zero-order valence-corrected chi connectivity index (χ0v) is 13.5. The van der Waals surface area contributed by atoms with E-state index in [4.69, 9.17) is 5.73 Å². The third kappa shape index (κ3) is 5.30. The van der Waals surface area contributed by atoms with Gasteiger partial charge in [-0.15, -0.1) is 0 Å². The molecular weight excluding hydrogens is 286 g/mol. The summed E-state index contributed by atoms with van der Waals surface area (Å²) in [5, 5.41) is 3.24. The molecule has 0 radical (unpaired) electrons. The third-order valence-corrected chi connectivity index (χ3v) is 4.94. The van der Waals surface area contributed by atoms with Crippen LogP contribution in [0.4, 0.5) is 5.69 Å². The molecule has 4 N–H and O–H groups in total. The Morgan fingerprint density at radius 1 is 1.24 bits per heavy atom. The Kier molecular flexibility index (Phi) is 5.24. The highest BCUT2D eigenvalue weighted by Gasteiger charge is 2.27. The number of rotatable bonds is 8. The summed E-state index contributed by atoms with van der Waals surface area (Å²) in [6.07, 6.45) is 2.84. The monoisotopic (exact) mass is 311 g/mol. The Hall–Kier alpha value is -1.11. The van der Waals surface area contributed by atoms with Crippen LogP contribution in [0.25, 0.3) is 0 Å². The smallest absolute Gasteiger partial charge is 0.240 e. The Morgan fingerprint density at radius 3 is 2.38 bits per heavy atom. The summed E-state index contributed by atoms with van der Waals surface area (Å²) in [6, 6.07) is 7.04. The number of benzene rings is 1. The fourth-order valence-corrected chi connectivity index (χ4v) is 3.48. The van der Waals surface area contributed by atoms with Crippen molar-refractivity contribution in [2.75, 3.05) is 11.9 Å². The molecule has 1 aliphatic carbocycles. The van der Waals surface area contributed by atoms with Gasteiger partial charge < -0.3 is 11.1 Å². The maximum Gasteiger partial charge on any atom is 0.240 e. The second-order valence-electron chi connectivity index (χ2n) is 6.19. The lowest BCUT2D eigenvalue weighted by Crippen LogP contribution is -2.30. The molecule has 2 rings (SSSR count). The van der Waals surface area contributed by atoms with Gasteiger partial charge in [0.1, 0.15) is 0 Å². The molecule has 0 heterocycles. The van der Waals surface area contributed by atoms with E-state index in [1.165, 1.54) is 0 Å². The minimum Gasteiger partial charge on any atom is -0.383 e. The highest BCUT2D eigenvalue weighted by Crippen LogP contribution is 2.22. The minimum atomic E-state index is -3.36. The molecule has 0 saturated heterocycles. The molecule has 21 heavy (non-hydrogen) atoms. The van der Waals surface area contributed by atoms with Crippen LogP contribution in [0, 0.1) is 5.92 Å². The van der Waals surface area contributed by atoms with Crippen LogP contribution in [-0.2, 0) is 10.0 Å². The van der Waals surface area contributed by atoms with Gasteiger partial charge in [0.2, 0.25) is 10.0 Å². The first-order chi connectivity index (χ1) is 9.87. The predicted molar refractivity (Wildman–Crippen MR) is 85.7 cm³/mol. The predicted octanol–water partition coefficient (Wildman–Crippen LogP) is 1.91. The summed E-state index contributed by atoms with van der Waals surface area (Å²) in [4.78, 5) is 0.312. The second kappa shape index (κ2) is 6.77. The molecule has 1 saturated carbocycles. The lowest BCUT2D eigenvalue weighted by atomic mass is 10.0. The van der Waals surface area contributed by atoms with E-state index in [2.05, 4.69) is 23.9 Å². The van der Waals surface area contributed by atoms with Crippen molar-refractivity contribution in [1.82, 2.24) is 4.72 Å². The van der Waals surface area contributed by atoms with Crippen molar-refractivity contribution < 1.29 is 8.42 Å². The highest BCUT2D eigenvalue weighted by atomic mass is 32.2. The van der Waals surface area contributed by atoms with Gasteiger partial charge in [-0.1, -0.05) is 13.8 Å². The summed E-state index contributed by atoms with van der Waals surface area (Å²) in [7, 11) is -3.36. The minimum absolute atomic E-state index is 0.102. The number of nitrogens with one attached hydrogen (secondary N) is 2. The van der Waals surface area contributed by atoms with E-state index in [-0.39, 0.29) is 12.1 Å². The van der Waals surface area contributed by atoms with Gasteiger partial charge in [-0.2, -0.15) is 0 Å². The number of hydrogen-bond acceptors (Lipinski definition) is 4. The molecule has 0 amide bonds. The fraction of sp³-hybridized carbons (Fsp3) is 0.600. The molecule has 0 aliphatic heterocycles. The van der Waals surface area contributed by atoms with Gasteiger partial charge in [0.05, 0.1) is 4.90 Å². The van der Waals surface area contributed by atoms with Crippen LogP contribution in [-0.4, -0.2) is 27.0 Å². The number of nitrogens with two attached hydrogens (primary N) is 1. The van der Waals surface area contributed by atoms with E-state index in [1.54, 1.807) is 24.3 Å². The molecule has 1 atom stereocenters.